The quantitative estimate of drug-likeness (QED) is 0.873. The highest BCUT2D eigenvalue weighted by Gasteiger charge is 2.20. The normalized spacial score (nSPS) is 10.3. The molecular weight excluding hydrogens is 342 g/mol. The standard InChI is InChI=1S/C14H12BrNO3S/c1-7-8(2)20-13(11(7)14(18)19)16-12(17)9-4-3-5-10(15)6-9/h3-6H,1-2H3,(H,16,17)(H,18,19). The number of anilines is 1. The lowest BCUT2D eigenvalue weighted by Crippen LogP contribution is -2.13. The Kier molecular flexibility index (Phi) is 4.25. The Bertz CT molecular complexity index is 694. The van der Waals surface area contributed by atoms with Gasteiger partial charge in [0, 0.05) is 14.9 Å². The number of carbonyl (C=O) groups excluding carboxylic acids is 1. The first kappa shape index (κ1) is 14.7. The van der Waals surface area contributed by atoms with Crippen molar-refractivity contribution in [2.24, 2.45) is 0 Å². The fourth-order valence-corrected chi connectivity index (χ4v) is 3.22. The molecule has 4 nitrogen and oxygen atoms in total. The second-order valence-electron chi connectivity index (χ2n) is 4.26. The van der Waals surface area contributed by atoms with Crippen molar-refractivity contribution < 1.29 is 14.7 Å². The highest BCUT2D eigenvalue weighted by Crippen LogP contribution is 2.32. The van der Waals surface area contributed by atoms with E-state index in [1.54, 1.807) is 25.1 Å². The number of carboxylic acids is 1. The van der Waals surface area contributed by atoms with Gasteiger partial charge in [-0.05, 0) is 37.6 Å². The zero-order valence-corrected chi connectivity index (χ0v) is 13.3. The first-order valence-corrected chi connectivity index (χ1v) is 7.41. The molecule has 2 N–H and O–H groups in total. The van der Waals surface area contributed by atoms with Crippen LogP contribution >= 0.6 is 27.3 Å². The summed E-state index contributed by atoms with van der Waals surface area (Å²) in [5.41, 5.74) is 1.32. The first-order valence-electron chi connectivity index (χ1n) is 5.80. The number of halogens is 1. The SMILES string of the molecule is Cc1sc(NC(=O)c2cccc(Br)c2)c(C(=O)O)c1C. The lowest BCUT2D eigenvalue weighted by atomic mass is 10.1. The fraction of sp³-hybridized carbons (Fsp3) is 0.143. The fourth-order valence-electron chi connectivity index (χ4n) is 1.78. The Balaban J connectivity index is 2.33. The number of thiophene rings is 1. The minimum atomic E-state index is -1.03. The molecule has 1 amide bonds. The van der Waals surface area contributed by atoms with Crippen LogP contribution in [-0.4, -0.2) is 17.0 Å². The zero-order valence-electron chi connectivity index (χ0n) is 10.9. The maximum atomic E-state index is 12.1. The van der Waals surface area contributed by atoms with Crippen LogP contribution in [0.1, 0.15) is 31.2 Å². The molecule has 0 aliphatic heterocycles. The number of benzene rings is 1. The van der Waals surface area contributed by atoms with Gasteiger partial charge in [0.15, 0.2) is 0 Å². The third kappa shape index (κ3) is 2.91. The number of carboxylic acid groups (broad SMARTS) is 1. The third-order valence-corrected chi connectivity index (χ3v) is 4.53. The van der Waals surface area contributed by atoms with Crippen molar-refractivity contribution >= 4 is 44.1 Å². The van der Waals surface area contributed by atoms with E-state index >= 15 is 0 Å². The average Bonchev–Trinajstić information content (AvgIpc) is 2.64. The van der Waals surface area contributed by atoms with Gasteiger partial charge in [0.05, 0.1) is 5.56 Å². The molecule has 1 heterocycles. The van der Waals surface area contributed by atoms with E-state index in [2.05, 4.69) is 21.2 Å². The summed E-state index contributed by atoms with van der Waals surface area (Å²) in [6, 6.07) is 6.93. The maximum absolute atomic E-state index is 12.1. The Morgan fingerprint density at radius 3 is 2.60 bits per heavy atom. The van der Waals surface area contributed by atoms with E-state index in [1.165, 1.54) is 11.3 Å². The summed E-state index contributed by atoms with van der Waals surface area (Å²) < 4.78 is 0.794. The predicted octanol–water partition coefficient (Wildman–Crippen LogP) is 4.08. The van der Waals surface area contributed by atoms with Crippen LogP contribution in [0, 0.1) is 13.8 Å². The molecule has 0 spiro atoms. The Morgan fingerprint density at radius 1 is 1.30 bits per heavy atom. The van der Waals surface area contributed by atoms with Gasteiger partial charge in [-0.25, -0.2) is 4.79 Å². The topological polar surface area (TPSA) is 66.4 Å². The van der Waals surface area contributed by atoms with Crippen molar-refractivity contribution in [3.8, 4) is 0 Å². The molecule has 0 atom stereocenters. The third-order valence-electron chi connectivity index (χ3n) is 2.91. The molecule has 1 aromatic carbocycles. The van der Waals surface area contributed by atoms with Crippen molar-refractivity contribution in [1.82, 2.24) is 0 Å². The lowest BCUT2D eigenvalue weighted by Gasteiger charge is -2.05. The Morgan fingerprint density at radius 2 is 2.00 bits per heavy atom. The van der Waals surface area contributed by atoms with Crippen LogP contribution in [-0.2, 0) is 0 Å². The number of aryl methyl sites for hydroxylation is 1. The van der Waals surface area contributed by atoms with E-state index in [1.807, 2.05) is 13.0 Å². The van der Waals surface area contributed by atoms with Crippen LogP contribution in [0.25, 0.3) is 0 Å². The summed E-state index contributed by atoms with van der Waals surface area (Å²) in [5.74, 6) is -1.36. The summed E-state index contributed by atoms with van der Waals surface area (Å²) in [7, 11) is 0. The van der Waals surface area contributed by atoms with E-state index in [-0.39, 0.29) is 11.5 Å². The predicted molar refractivity (Wildman–Crippen MR) is 82.8 cm³/mol. The van der Waals surface area contributed by atoms with E-state index in [4.69, 9.17) is 0 Å². The van der Waals surface area contributed by atoms with Gasteiger partial charge in [0.25, 0.3) is 5.91 Å². The molecule has 20 heavy (non-hydrogen) atoms. The molecule has 0 fully saturated rings. The van der Waals surface area contributed by atoms with Crippen LogP contribution < -0.4 is 5.32 Å². The zero-order chi connectivity index (χ0) is 14.9. The van der Waals surface area contributed by atoms with E-state index < -0.39 is 5.97 Å². The largest absolute Gasteiger partial charge is 0.478 e. The molecule has 0 aliphatic rings. The van der Waals surface area contributed by atoms with Gasteiger partial charge < -0.3 is 10.4 Å². The average molecular weight is 354 g/mol. The Labute approximate surface area is 128 Å². The van der Waals surface area contributed by atoms with Gasteiger partial charge in [-0.2, -0.15) is 0 Å². The number of amides is 1. The minimum Gasteiger partial charge on any atom is -0.478 e. The Hall–Kier alpha value is -1.66. The summed E-state index contributed by atoms with van der Waals surface area (Å²) in [6.45, 7) is 3.57. The lowest BCUT2D eigenvalue weighted by molar-refractivity contribution is 0.0697. The molecule has 0 saturated heterocycles. The summed E-state index contributed by atoms with van der Waals surface area (Å²) in [4.78, 5) is 24.3. The molecular formula is C14H12BrNO3S. The van der Waals surface area contributed by atoms with Crippen molar-refractivity contribution in [3.05, 3.63) is 50.3 Å². The van der Waals surface area contributed by atoms with Crippen LogP contribution in [0.15, 0.2) is 28.7 Å². The van der Waals surface area contributed by atoms with Crippen LogP contribution in [0.5, 0.6) is 0 Å². The summed E-state index contributed by atoms with van der Waals surface area (Å²) in [5, 5.41) is 12.3. The van der Waals surface area contributed by atoms with Crippen LogP contribution in [0.4, 0.5) is 5.00 Å². The minimum absolute atomic E-state index is 0.163. The highest BCUT2D eigenvalue weighted by molar-refractivity contribution is 9.10. The number of hydrogen-bond donors (Lipinski definition) is 2. The molecule has 0 saturated carbocycles. The van der Waals surface area contributed by atoms with E-state index in [0.717, 1.165) is 9.35 Å². The molecule has 1 aromatic heterocycles. The number of aromatic carboxylic acids is 1. The number of hydrogen-bond acceptors (Lipinski definition) is 3. The smallest absolute Gasteiger partial charge is 0.338 e. The molecule has 104 valence electrons. The molecule has 6 heteroatoms. The van der Waals surface area contributed by atoms with Gasteiger partial charge in [-0.1, -0.05) is 22.0 Å². The number of nitrogens with one attached hydrogen (secondary N) is 1. The molecule has 0 unspecified atom stereocenters. The first-order chi connectivity index (χ1) is 9.40. The van der Waals surface area contributed by atoms with Crippen molar-refractivity contribution in [3.63, 3.8) is 0 Å². The second kappa shape index (κ2) is 5.76. The summed E-state index contributed by atoms with van der Waals surface area (Å²) in [6.07, 6.45) is 0. The molecule has 0 bridgehead atoms. The van der Waals surface area contributed by atoms with Crippen LogP contribution in [0.3, 0.4) is 0 Å². The molecule has 0 aliphatic carbocycles. The van der Waals surface area contributed by atoms with Gasteiger partial charge in [0.1, 0.15) is 5.00 Å². The van der Waals surface area contributed by atoms with Crippen LogP contribution in [0.2, 0.25) is 0 Å². The monoisotopic (exact) mass is 353 g/mol. The number of carbonyl (C=O) groups is 2. The number of rotatable bonds is 3. The highest BCUT2D eigenvalue weighted by atomic mass is 79.9. The van der Waals surface area contributed by atoms with E-state index in [0.29, 0.717) is 16.1 Å². The molecule has 2 aromatic rings. The molecule has 2 rings (SSSR count). The van der Waals surface area contributed by atoms with Crippen molar-refractivity contribution in [2.45, 2.75) is 13.8 Å². The van der Waals surface area contributed by atoms with Gasteiger partial charge in [0.2, 0.25) is 0 Å². The van der Waals surface area contributed by atoms with Gasteiger partial charge >= 0.3 is 5.97 Å². The van der Waals surface area contributed by atoms with Crippen molar-refractivity contribution in [1.29, 1.82) is 0 Å². The summed E-state index contributed by atoms with van der Waals surface area (Å²) >= 11 is 4.57. The van der Waals surface area contributed by atoms with E-state index in [9.17, 15) is 14.7 Å². The maximum Gasteiger partial charge on any atom is 0.338 e. The van der Waals surface area contributed by atoms with Gasteiger partial charge in [-0.3, -0.25) is 4.79 Å². The second-order valence-corrected chi connectivity index (χ2v) is 6.40. The van der Waals surface area contributed by atoms with Crippen molar-refractivity contribution in [2.75, 3.05) is 5.32 Å². The molecule has 0 radical (unpaired) electrons. The van der Waals surface area contributed by atoms with Gasteiger partial charge in [-0.15, -0.1) is 11.3 Å².